The molecule has 0 saturated heterocycles. The minimum Gasteiger partial charge on any atom is -0.462 e. The highest BCUT2D eigenvalue weighted by Gasteiger charge is 2.19. The number of hydrogen-bond acceptors (Lipinski definition) is 6. The fraction of sp³-hybridized carbons (Fsp3) is 0.724. The first-order valence-electron chi connectivity index (χ1n) is 34.9. The van der Waals surface area contributed by atoms with E-state index in [-0.39, 0.29) is 31.1 Å². The van der Waals surface area contributed by atoms with Crippen LogP contribution in [0.5, 0.6) is 0 Å². The summed E-state index contributed by atoms with van der Waals surface area (Å²) in [4.78, 5) is 38.5. The van der Waals surface area contributed by atoms with Gasteiger partial charge in [0.1, 0.15) is 13.2 Å². The second kappa shape index (κ2) is 69.6. The summed E-state index contributed by atoms with van der Waals surface area (Å²) in [6.07, 6.45) is 95.3. The normalized spacial score (nSPS) is 12.8. The van der Waals surface area contributed by atoms with Crippen LogP contribution in [0.15, 0.2) is 109 Å². The largest absolute Gasteiger partial charge is 0.462 e. The Labute approximate surface area is 508 Å². The Hall–Kier alpha value is -3.93. The lowest BCUT2D eigenvalue weighted by atomic mass is 10.0. The molecule has 82 heavy (non-hydrogen) atoms. The lowest BCUT2D eigenvalue weighted by molar-refractivity contribution is -0.167. The SMILES string of the molecule is CC/C=C\C/C=C\C/C=C\C/C=C\C/C=C\CCCCCCCC(=O)OC(COC(=O)CCCCCCCCC/C=C\C/C=C\CCCCCC)COC(=O)CCCCCCCCCCCCCCC/C=C\C/C=C\CCCCCCC. The molecule has 0 saturated carbocycles. The smallest absolute Gasteiger partial charge is 0.306 e. The summed E-state index contributed by atoms with van der Waals surface area (Å²) in [5.41, 5.74) is 0. The molecule has 0 aromatic rings. The van der Waals surface area contributed by atoms with Gasteiger partial charge in [-0.05, 0) is 128 Å². The van der Waals surface area contributed by atoms with E-state index in [1.54, 1.807) is 0 Å². The Balaban J connectivity index is 4.40. The second-order valence-electron chi connectivity index (χ2n) is 23.1. The molecule has 0 aliphatic rings. The predicted octanol–water partition coefficient (Wildman–Crippen LogP) is 24.2. The van der Waals surface area contributed by atoms with Crippen molar-refractivity contribution in [3.05, 3.63) is 109 Å². The van der Waals surface area contributed by atoms with E-state index in [1.165, 1.54) is 167 Å². The van der Waals surface area contributed by atoms with Gasteiger partial charge in [-0.25, -0.2) is 0 Å². The second-order valence-corrected chi connectivity index (χ2v) is 23.1. The first-order chi connectivity index (χ1) is 40.5. The summed E-state index contributed by atoms with van der Waals surface area (Å²) in [5.74, 6) is -0.904. The van der Waals surface area contributed by atoms with E-state index in [0.29, 0.717) is 19.3 Å². The van der Waals surface area contributed by atoms with Gasteiger partial charge >= 0.3 is 17.9 Å². The Morgan fingerprint density at radius 2 is 0.476 bits per heavy atom. The molecule has 0 aromatic heterocycles. The molecule has 1 atom stereocenters. The van der Waals surface area contributed by atoms with Crippen LogP contribution < -0.4 is 0 Å². The molecule has 470 valence electrons. The van der Waals surface area contributed by atoms with Crippen molar-refractivity contribution in [3.63, 3.8) is 0 Å². The highest BCUT2D eigenvalue weighted by molar-refractivity contribution is 5.71. The molecular formula is C76H130O6. The van der Waals surface area contributed by atoms with Crippen LogP contribution in [-0.4, -0.2) is 37.2 Å². The molecule has 0 aliphatic carbocycles. The monoisotopic (exact) mass is 1140 g/mol. The number of unbranched alkanes of at least 4 members (excludes halogenated alkanes) is 34. The number of carbonyl (C=O) groups is 3. The highest BCUT2D eigenvalue weighted by Crippen LogP contribution is 2.16. The van der Waals surface area contributed by atoms with Crippen LogP contribution >= 0.6 is 0 Å². The van der Waals surface area contributed by atoms with Crippen molar-refractivity contribution in [3.8, 4) is 0 Å². The van der Waals surface area contributed by atoms with E-state index >= 15 is 0 Å². The fourth-order valence-electron chi connectivity index (χ4n) is 9.77. The molecule has 6 heteroatoms. The van der Waals surface area contributed by atoms with Gasteiger partial charge in [0.05, 0.1) is 0 Å². The van der Waals surface area contributed by atoms with Gasteiger partial charge in [-0.15, -0.1) is 0 Å². The van der Waals surface area contributed by atoms with Gasteiger partial charge in [0, 0.05) is 19.3 Å². The summed E-state index contributed by atoms with van der Waals surface area (Å²) >= 11 is 0. The van der Waals surface area contributed by atoms with Crippen LogP contribution in [0.2, 0.25) is 0 Å². The minimum absolute atomic E-state index is 0.0888. The molecule has 6 nitrogen and oxygen atoms in total. The molecule has 1 unspecified atom stereocenters. The average Bonchev–Trinajstić information content (AvgIpc) is 3.47. The Morgan fingerprint density at radius 1 is 0.256 bits per heavy atom. The van der Waals surface area contributed by atoms with Gasteiger partial charge in [0.2, 0.25) is 0 Å². The molecule has 0 bridgehead atoms. The van der Waals surface area contributed by atoms with Gasteiger partial charge in [-0.1, -0.05) is 297 Å². The number of hydrogen-bond donors (Lipinski definition) is 0. The van der Waals surface area contributed by atoms with Crippen LogP contribution in [-0.2, 0) is 28.6 Å². The molecule has 0 amide bonds. The molecule has 0 N–H and O–H groups in total. The molecule has 0 aromatic carbocycles. The lowest BCUT2D eigenvalue weighted by Crippen LogP contribution is -2.30. The summed E-state index contributed by atoms with van der Waals surface area (Å²) in [6.45, 7) is 6.51. The third-order valence-corrected chi connectivity index (χ3v) is 15.0. The topological polar surface area (TPSA) is 78.9 Å². The Bertz CT molecular complexity index is 1640. The molecule has 0 aliphatic heterocycles. The van der Waals surface area contributed by atoms with Gasteiger partial charge in [0.15, 0.2) is 6.10 Å². The van der Waals surface area contributed by atoms with Crippen LogP contribution in [0.4, 0.5) is 0 Å². The van der Waals surface area contributed by atoms with Crippen molar-refractivity contribution in [2.24, 2.45) is 0 Å². The summed E-state index contributed by atoms with van der Waals surface area (Å²) in [7, 11) is 0. The number of rotatable bonds is 63. The number of esters is 3. The van der Waals surface area contributed by atoms with Crippen molar-refractivity contribution in [1.82, 2.24) is 0 Å². The average molecular weight is 1140 g/mol. The van der Waals surface area contributed by atoms with E-state index in [1.807, 2.05) is 0 Å². The van der Waals surface area contributed by atoms with E-state index in [9.17, 15) is 14.4 Å². The van der Waals surface area contributed by atoms with Crippen LogP contribution in [0.1, 0.15) is 335 Å². The van der Waals surface area contributed by atoms with Crippen molar-refractivity contribution < 1.29 is 28.6 Å². The lowest BCUT2D eigenvalue weighted by Gasteiger charge is -2.18. The van der Waals surface area contributed by atoms with Crippen LogP contribution in [0, 0.1) is 0 Å². The maximum atomic E-state index is 13.0. The van der Waals surface area contributed by atoms with Crippen LogP contribution in [0.3, 0.4) is 0 Å². The maximum absolute atomic E-state index is 13.0. The summed E-state index contributed by atoms with van der Waals surface area (Å²) < 4.78 is 17.0. The van der Waals surface area contributed by atoms with E-state index < -0.39 is 6.10 Å². The van der Waals surface area contributed by atoms with E-state index in [0.717, 1.165) is 128 Å². The zero-order valence-corrected chi connectivity index (χ0v) is 54.0. The summed E-state index contributed by atoms with van der Waals surface area (Å²) in [5, 5.41) is 0. The first kappa shape index (κ1) is 78.1. The molecule has 0 fully saturated rings. The van der Waals surface area contributed by atoms with Gasteiger partial charge < -0.3 is 14.2 Å². The molecule has 0 heterocycles. The van der Waals surface area contributed by atoms with E-state index in [4.69, 9.17) is 14.2 Å². The quantitative estimate of drug-likeness (QED) is 0.0261. The fourth-order valence-corrected chi connectivity index (χ4v) is 9.77. The number of carbonyl (C=O) groups excluding carboxylic acids is 3. The van der Waals surface area contributed by atoms with Crippen molar-refractivity contribution in [1.29, 1.82) is 0 Å². The maximum Gasteiger partial charge on any atom is 0.306 e. The zero-order valence-electron chi connectivity index (χ0n) is 54.0. The zero-order chi connectivity index (χ0) is 59.2. The highest BCUT2D eigenvalue weighted by atomic mass is 16.6. The number of ether oxygens (including phenoxy) is 3. The molecular weight excluding hydrogens is 1010 g/mol. The Morgan fingerprint density at radius 3 is 0.756 bits per heavy atom. The summed E-state index contributed by atoms with van der Waals surface area (Å²) in [6, 6.07) is 0. The van der Waals surface area contributed by atoms with Gasteiger partial charge in [0.25, 0.3) is 0 Å². The predicted molar refractivity (Wildman–Crippen MR) is 357 cm³/mol. The van der Waals surface area contributed by atoms with Gasteiger partial charge in [-0.3, -0.25) is 14.4 Å². The minimum atomic E-state index is -0.796. The first-order valence-corrected chi connectivity index (χ1v) is 34.9. The molecule has 0 rings (SSSR count). The van der Waals surface area contributed by atoms with Gasteiger partial charge in [-0.2, -0.15) is 0 Å². The van der Waals surface area contributed by atoms with Crippen LogP contribution in [0.25, 0.3) is 0 Å². The molecule has 0 spiro atoms. The van der Waals surface area contributed by atoms with Crippen molar-refractivity contribution in [2.45, 2.75) is 341 Å². The standard InChI is InChI=1S/C76H130O6/c1-4-7-10-13-16-19-22-25-28-31-34-36-37-38-39-41-42-45-48-51-54-57-60-63-66-69-75(78)81-72-73(71-80-74(77)68-65-62-59-56-53-50-47-44-33-30-27-24-21-18-15-12-9-6-3)82-76(79)70-67-64-61-58-55-52-49-46-43-40-35-32-29-26-23-20-17-14-11-8-5-2/h8,11,17,20-22,24-26,29-31,33-35,40,46,49,73H,4-7,9-10,12-16,18-19,23,27-28,32,36-39,41-45,47-48,50-72H2,1-3H3/b11-8-,20-17-,24-21-,25-22-,29-26-,33-30-,34-31-,40-35-,49-46-. The Kier molecular flexibility index (Phi) is 66.2. The molecule has 0 radical (unpaired) electrons. The van der Waals surface area contributed by atoms with E-state index in [2.05, 4.69) is 130 Å². The third-order valence-electron chi connectivity index (χ3n) is 15.0. The van der Waals surface area contributed by atoms with Crippen molar-refractivity contribution >= 4 is 17.9 Å². The number of allylic oxidation sites excluding steroid dienone is 18. The van der Waals surface area contributed by atoms with Crippen molar-refractivity contribution in [2.75, 3.05) is 13.2 Å². The third kappa shape index (κ3) is 66.9.